The largest absolute Gasteiger partial charge is 0.392 e. The van der Waals surface area contributed by atoms with Gasteiger partial charge in [-0.1, -0.05) is 69.9 Å². The van der Waals surface area contributed by atoms with Gasteiger partial charge in [0.25, 0.3) is 0 Å². The van der Waals surface area contributed by atoms with Crippen molar-refractivity contribution in [3.8, 4) is 0 Å². The van der Waals surface area contributed by atoms with Gasteiger partial charge in [-0.25, -0.2) is 0 Å². The Balaban J connectivity index is 1.83. The summed E-state index contributed by atoms with van der Waals surface area (Å²) in [5, 5.41) is 10.6. The van der Waals surface area contributed by atoms with Crippen LogP contribution in [0.3, 0.4) is 0 Å². The molecule has 0 amide bonds. The highest BCUT2D eigenvalue weighted by atomic mass is 16.3. The molecule has 140 valence electrons. The van der Waals surface area contributed by atoms with Crippen molar-refractivity contribution in [1.82, 2.24) is 0 Å². The number of aliphatic hydroxyl groups is 1. The van der Waals surface area contributed by atoms with E-state index in [1.54, 1.807) is 6.08 Å². The maximum absolute atomic E-state index is 12.1. The van der Waals surface area contributed by atoms with Crippen LogP contribution in [0.15, 0.2) is 36.5 Å². The molecule has 0 aromatic heterocycles. The van der Waals surface area contributed by atoms with Crippen LogP contribution in [0.2, 0.25) is 0 Å². The predicted molar refractivity (Wildman–Crippen MR) is 105 cm³/mol. The number of rotatable bonds is 11. The van der Waals surface area contributed by atoms with E-state index in [1.807, 2.05) is 6.08 Å². The summed E-state index contributed by atoms with van der Waals surface area (Å²) in [6.45, 7) is 4.40. The molecule has 1 unspecified atom stereocenters. The first-order chi connectivity index (χ1) is 12.1. The molecule has 2 aliphatic carbocycles. The summed E-state index contributed by atoms with van der Waals surface area (Å²) in [6.07, 6.45) is 23.1. The van der Waals surface area contributed by atoms with Crippen LogP contribution in [0.25, 0.3) is 0 Å². The first kappa shape index (κ1) is 20.2. The van der Waals surface area contributed by atoms with Gasteiger partial charge in [-0.05, 0) is 50.0 Å². The van der Waals surface area contributed by atoms with E-state index in [4.69, 9.17) is 0 Å². The molecule has 0 spiro atoms. The fourth-order valence-electron chi connectivity index (χ4n) is 4.30. The van der Waals surface area contributed by atoms with Gasteiger partial charge in [-0.15, -0.1) is 0 Å². The highest BCUT2D eigenvalue weighted by Crippen LogP contribution is 2.48. The Hall–Kier alpha value is -1.15. The molecule has 0 heterocycles. The van der Waals surface area contributed by atoms with Gasteiger partial charge in [0.2, 0.25) is 0 Å². The van der Waals surface area contributed by atoms with E-state index in [1.165, 1.54) is 32.1 Å². The van der Waals surface area contributed by atoms with Gasteiger partial charge in [0.1, 0.15) is 0 Å². The van der Waals surface area contributed by atoms with Gasteiger partial charge in [-0.3, -0.25) is 4.79 Å². The normalized spacial score (nSPS) is 26.6. The average Bonchev–Trinajstić information content (AvgIpc) is 2.91. The van der Waals surface area contributed by atoms with Gasteiger partial charge in [0.15, 0.2) is 5.78 Å². The summed E-state index contributed by atoms with van der Waals surface area (Å²) in [4.78, 5) is 12.1. The van der Waals surface area contributed by atoms with E-state index in [0.717, 1.165) is 32.1 Å². The summed E-state index contributed by atoms with van der Waals surface area (Å²) < 4.78 is 0. The maximum Gasteiger partial charge on any atom is 0.159 e. The molecule has 2 aliphatic rings. The molecule has 1 saturated carbocycles. The second kappa shape index (κ2) is 10.1. The first-order valence-corrected chi connectivity index (χ1v) is 10.3. The lowest BCUT2D eigenvalue weighted by Gasteiger charge is -2.45. The standard InChI is InChI=1S/C23H36O2/c1-3-5-6-7-8-12-20-19(14-15-21(20)24)11-9-13-22(25)23(16-4-2)17-10-18-23/h7-9,11,14-15,19-20,22,25H,3-6,10,12-13,16-18H2,1-2H3/b8-7-,11-9+/t19-,20+,22?/m0/s1. The maximum atomic E-state index is 12.1. The van der Waals surface area contributed by atoms with E-state index in [-0.39, 0.29) is 29.1 Å². The molecule has 0 bridgehead atoms. The van der Waals surface area contributed by atoms with E-state index in [0.29, 0.717) is 0 Å². The number of carbonyl (C=O) groups is 1. The number of allylic oxidation sites excluding steroid dienone is 5. The summed E-state index contributed by atoms with van der Waals surface area (Å²) in [5.74, 6) is 0.496. The molecule has 2 nitrogen and oxygen atoms in total. The molecule has 2 heteroatoms. The number of unbranched alkanes of at least 4 members (excludes halogenated alkanes) is 2. The SMILES string of the molecule is CCCC/C=C\C[C@H]1C(=O)C=C[C@@H]1/C=C/CC(O)C1(CCC)CCC1. The molecule has 0 aliphatic heterocycles. The van der Waals surface area contributed by atoms with Crippen molar-refractivity contribution in [1.29, 1.82) is 0 Å². The third kappa shape index (κ3) is 5.41. The number of ketones is 1. The second-order valence-electron chi connectivity index (χ2n) is 7.94. The number of hydrogen-bond donors (Lipinski definition) is 1. The summed E-state index contributed by atoms with van der Waals surface area (Å²) in [7, 11) is 0. The Morgan fingerprint density at radius 2 is 2.04 bits per heavy atom. The second-order valence-corrected chi connectivity index (χ2v) is 7.94. The third-order valence-corrected chi connectivity index (χ3v) is 6.12. The minimum atomic E-state index is -0.231. The number of hydrogen-bond acceptors (Lipinski definition) is 2. The van der Waals surface area contributed by atoms with Crippen molar-refractivity contribution >= 4 is 5.78 Å². The molecular formula is C23H36O2. The fourth-order valence-corrected chi connectivity index (χ4v) is 4.30. The van der Waals surface area contributed by atoms with E-state index < -0.39 is 0 Å². The van der Waals surface area contributed by atoms with Crippen LogP contribution in [0, 0.1) is 17.3 Å². The molecule has 0 saturated heterocycles. The molecule has 0 aromatic rings. The highest BCUT2D eigenvalue weighted by Gasteiger charge is 2.41. The Morgan fingerprint density at radius 1 is 1.24 bits per heavy atom. The van der Waals surface area contributed by atoms with Crippen LogP contribution >= 0.6 is 0 Å². The topological polar surface area (TPSA) is 37.3 Å². The van der Waals surface area contributed by atoms with Gasteiger partial charge in [0, 0.05) is 11.8 Å². The van der Waals surface area contributed by atoms with Crippen LogP contribution in [-0.2, 0) is 4.79 Å². The van der Waals surface area contributed by atoms with Crippen molar-refractivity contribution in [2.75, 3.05) is 0 Å². The molecule has 3 atom stereocenters. The number of carbonyl (C=O) groups excluding carboxylic acids is 1. The van der Waals surface area contributed by atoms with Crippen molar-refractivity contribution < 1.29 is 9.90 Å². The molecular weight excluding hydrogens is 308 g/mol. The minimum absolute atomic E-state index is 0.0552. The molecule has 25 heavy (non-hydrogen) atoms. The zero-order valence-electron chi connectivity index (χ0n) is 16.1. The zero-order chi connectivity index (χ0) is 18.1. The molecule has 1 N–H and O–H groups in total. The van der Waals surface area contributed by atoms with E-state index in [9.17, 15) is 9.90 Å². The number of aliphatic hydroxyl groups excluding tert-OH is 1. The molecule has 1 fully saturated rings. The lowest BCUT2D eigenvalue weighted by Crippen LogP contribution is -2.41. The Kier molecular flexibility index (Phi) is 8.15. The predicted octanol–water partition coefficient (Wildman–Crippen LogP) is 5.77. The van der Waals surface area contributed by atoms with Crippen LogP contribution in [0.4, 0.5) is 0 Å². The van der Waals surface area contributed by atoms with Crippen molar-refractivity contribution in [3.63, 3.8) is 0 Å². The smallest absolute Gasteiger partial charge is 0.159 e. The quantitative estimate of drug-likeness (QED) is 0.381. The summed E-state index contributed by atoms with van der Waals surface area (Å²) >= 11 is 0. The van der Waals surface area contributed by atoms with Crippen LogP contribution in [-0.4, -0.2) is 17.0 Å². The lowest BCUT2D eigenvalue weighted by molar-refractivity contribution is -0.117. The van der Waals surface area contributed by atoms with Gasteiger partial charge < -0.3 is 5.11 Å². The minimum Gasteiger partial charge on any atom is -0.392 e. The Labute approximate surface area is 154 Å². The van der Waals surface area contributed by atoms with Crippen LogP contribution < -0.4 is 0 Å². The zero-order valence-corrected chi connectivity index (χ0v) is 16.1. The highest BCUT2D eigenvalue weighted by molar-refractivity contribution is 5.95. The van der Waals surface area contributed by atoms with E-state index >= 15 is 0 Å². The van der Waals surface area contributed by atoms with Crippen LogP contribution in [0.1, 0.15) is 78.1 Å². The summed E-state index contributed by atoms with van der Waals surface area (Å²) in [5.41, 5.74) is 0.168. The third-order valence-electron chi connectivity index (χ3n) is 6.12. The lowest BCUT2D eigenvalue weighted by atomic mass is 9.62. The van der Waals surface area contributed by atoms with Crippen molar-refractivity contribution in [2.45, 2.75) is 84.2 Å². The monoisotopic (exact) mass is 344 g/mol. The van der Waals surface area contributed by atoms with E-state index in [2.05, 4.69) is 38.2 Å². The Morgan fingerprint density at radius 3 is 2.68 bits per heavy atom. The molecule has 2 rings (SSSR count). The molecule has 0 aromatic carbocycles. The Bertz CT molecular complexity index is 496. The van der Waals surface area contributed by atoms with Crippen molar-refractivity contribution in [2.24, 2.45) is 17.3 Å². The van der Waals surface area contributed by atoms with Crippen molar-refractivity contribution in [3.05, 3.63) is 36.5 Å². The van der Waals surface area contributed by atoms with Gasteiger partial charge in [-0.2, -0.15) is 0 Å². The fraction of sp³-hybridized carbons (Fsp3) is 0.696. The first-order valence-electron chi connectivity index (χ1n) is 10.3. The van der Waals surface area contributed by atoms with Gasteiger partial charge in [0.05, 0.1) is 6.10 Å². The summed E-state index contributed by atoms with van der Waals surface area (Å²) in [6, 6.07) is 0. The average molecular weight is 345 g/mol. The molecule has 0 radical (unpaired) electrons. The van der Waals surface area contributed by atoms with Crippen LogP contribution in [0.5, 0.6) is 0 Å². The van der Waals surface area contributed by atoms with Gasteiger partial charge >= 0.3 is 0 Å².